The van der Waals surface area contributed by atoms with E-state index in [1.807, 2.05) is 30.3 Å². The molecule has 0 atom stereocenters. The van der Waals surface area contributed by atoms with Crippen molar-refractivity contribution in [2.45, 2.75) is 6.54 Å². The molecule has 0 aliphatic carbocycles. The van der Waals surface area contributed by atoms with Gasteiger partial charge < -0.3 is 15.8 Å². The van der Waals surface area contributed by atoms with Gasteiger partial charge in [0, 0.05) is 12.2 Å². The van der Waals surface area contributed by atoms with Gasteiger partial charge in [0.2, 0.25) is 0 Å². The van der Waals surface area contributed by atoms with Crippen LogP contribution in [0.15, 0.2) is 54.6 Å². The number of nitrogen functional groups attached to an aromatic ring is 1. The molecule has 5 nitrogen and oxygen atoms in total. The number of esters is 1. The predicted octanol–water partition coefficient (Wildman–Crippen LogP) is 1.74. The Labute approximate surface area is 122 Å². The lowest BCUT2D eigenvalue weighted by Gasteiger charge is -2.08. The van der Waals surface area contributed by atoms with E-state index in [0.717, 1.165) is 5.56 Å². The van der Waals surface area contributed by atoms with E-state index < -0.39 is 5.97 Å². The van der Waals surface area contributed by atoms with E-state index in [1.165, 1.54) is 0 Å². The largest absolute Gasteiger partial charge is 0.452 e. The third-order valence-corrected chi connectivity index (χ3v) is 2.85. The summed E-state index contributed by atoms with van der Waals surface area (Å²) in [6.45, 7) is 0.0602. The van der Waals surface area contributed by atoms with E-state index in [-0.39, 0.29) is 18.1 Å². The Hall–Kier alpha value is -2.82. The van der Waals surface area contributed by atoms with Gasteiger partial charge in [-0.1, -0.05) is 42.5 Å². The number of carbonyl (C=O) groups is 2. The summed E-state index contributed by atoms with van der Waals surface area (Å²) in [7, 11) is 0. The van der Waals surface area contributed by atoms with Crippen LogP contribution in [-0.4, -0.2) is 18.5 Å². The third-order valence-electron chi connectivity index (χ3n) is 2.85. The van der Waals surface area contributed by atoms with Crippen LogP contribution in [0.1, 0.15) is 15.9 Å². The smallest absolute Gasteiger partial charge is 0.340 e. The minimum atomic E-state index is -0.608. The maximum absolute atomic E-state index is 11.8. The van der Waals surface area contributed by atoms with E-state index in [1.54, 1.807) is 24.3 Å². The van der Waals surface area contributed by atoms with Crippen LogP contribution in [0, 0.1) is 0 Å². The van der Waals surface area contributed by atoms with Gasteiger partial charge in [-0.3, -0.25) is 4.79 Å². The van der Waals surface area contributed by atoms with Crippen molar-refractivity contribution in [1.82, 2.24) is 5.32 Å². The molecular weight excluding hydrogens is 268 g/mol. The zero-order valence-corrected chi connectivity index (χ0v) is 11.4. The lowest BCUT2D eigenvalue weighted by molar-refractivity contribution is -0.124. The van der Waals surface area contributed by atoms with Crippen LogP contribution in [0.3, 0.4) is 0 Å². The summed E-state index contributed by atoms with van der Waals surface area (Å²) >= 11 is 0. The molecule has 0 aromatic heterocycles. The first-order valence-electron chi connectivity index (χ1n) is 6.49. The van der Waals surface area contributed by atoms with Gasteiger partial charge in [0.1, 0.15) is 0 Å². The number of anilines is 1. The first kappa shape index (κ1) is 14.6. The van der Waals surface area contributed by atoms with Crippen molar-refractivity contribution in [3.63, 3.8) is 0 Å². The standard InChI is InChI=1S/C16H16N2O3/c17-14-9-5-4-8-13(14)16(20)21-11-15(19)18-10-12-6-2-1-3-7-12/h1-9H,10-11,17H2,(H,18,19). The fourth-order valence-corrected chi connectivity index (χ4v) is 1.74. The molecule has 2 aromatic rings. The molecule has 0 aliphatic rings. The van der Waals surface area contributed by atoms with Crippen molar-refractivity contribution in [2.24, 2.45) is 0 Å². The minimum Gasteiger partial charge on any atom is -0.452 e. The molecule has 2 aromatic carbocycles. The summed E-state index contributed by atoms with van der Waals surface area (Å²) in [6.07, 6.45) is 0. The molecule has 0 fully saturated rings. The van der Waals surface area contributed by atoms with Gasteiger partial charge in [-0.05, 0) is 17.7 Å². The molecule has 0 heterocycles. The van der Waals surface area contributed by atoms with Gasteiger partial charge in [-0.2, -0.15) is 0 Å². The first-order valence-corrected chi connectivity index (χ1v) is 6.49. The number of amides is 1. The molecule has 3 N–H and O–H groups in total. The Morgan fingerprint density at radius 1 is 1.00 bits per heavy atom. The molecule has 0 saturated carbocycles. The summed E-state index contributed by atoms with van der Waals surface area (Å²) < 4.78 is 4.93. The highest BCUT2D eigenvalue weighted by molar-refractivity contribution is 5.96. The van der Waals surface area contributed by atoms with Crippen LogP contribution in [0.2, 0.25) is 0 Å². The minimum absolute atomic E-state index is 0.258. The van der Waals surface area contributed by atoms with E-state index in [0.29, 0.717) is 12.2 Å². The van der Waals surface area contributed by atoms with Gasteiger partial charge in [-0.15, -0.1) is 0 Å². The summed E-state index contributed by atoms with van der Waals surface area (Å²) in [6, 6.07) is 16.0. The summed E-state index contributed by atoms with van der Waals surface area (Å²) in [4.78, 5) is 23.4. The highest BCUT2D eigenvalue weighted by atomic mass is 16.5. The van der Waals surface area contributed by atoms with E-state index in [9.17, 15) is 9.59 Å². The normalized spacial score (nSPS) is 9.90. The van der Waals surface area contributed by atoms with E-state index >= 15 is 0 Å². The molecule has 2 rings (SSSR count). The van der Waals surface area contributed by atoms with Gasteiger partial charge >= 0.3 is 5.97 Å². The molecule has 0 bridgehead atoms. The first-order chi connectivity index (χ1) is 10.2. The molecule has 0 aliphatic heterocycles. The number of hydrogen-bond donors (Lipinski definition) is 2. The number of para-hydroxylation sites is 1. The van der Waals surface area contributed by atoms with Gasteiger partial charge in [-0.25, -0.2) is 4.79 Å². The molecule has 108 valence electrons. The van der Waals surface area contributed by atoms with Crippen molar-refractivity contribution in [3.05, 3.63) is 65.7 Å². The Bertz CT molecular complexity index is 626. The maximum atomic E-state index is 11.8. The molecule has 0 spiro atoms. The fraction of sp³-hybridized carbons (Fsp3) is 0.125. The fourth-order valence-electron chi connectivity index (χ4n) is 1.74. The number of benzene rings is 2. The Morgan fingerprint density at radius 3 is 2.38 bits per heavy atom. The van der Waals surface area contributed by atoms with E-state index in [2.05, 4.69) is 5.32 Å². The van der Waals surface area contributed by atoms with Crippen molar-refractivity contribution < 1.29 is 14.3 Å². The lowest BCUT2D eigenvalue weighted by Crippen LogP contribution is -2.28. The second kappa shape index (κ2) is 7.09. The SMILES string of the molecule is Nc1ccccc1C(=O)OCC(=O)NCc1ccccc1. The van der Waals surface area contributed by atoms with Crippen LogP contribution in [0.5, 0.6) is 0 Å². The summed E-state index contributed by atoms with van der Waals surface area (Å²) in [5, 5.41) is 2.67. The van der Waals surface area contributed by atoms with Crippen molar-refractivity contribution in [3.8, 4) is 0 Å². The lowest BCUT2D eigenvalue weighted by atomic mass is 10.2. The maximum Gasteiger partial charge on any atom is 0.340 e. The zero-order chi connectivity index (χ0) is 15.1. The zero-order valence-electron chi connectivity index (χ0n) is 11.4. The van der Waals surface area contributed by atoms with Crippen molar-refractivity contribution >= 4 is 17.6 Å². The van der Waals surface area contributed by atoms with Crippen LogP contribution in [-0.2, 0) is 16.1 Å². The van der Waals surface area contributed by atoms with Crippen molar-refractivity contribution in [1.29, 1.82) is 0 Å². The summed E-state index contributed by atoms with van der Waals surface area (Å²) in [5.74, 6) is -0.968. The van der Waals surface area contributed by atoms with Crippen molar-refractivity contribution in [2.75, 3.05) is 12.3 Å². The number of rotatable bonds is 5. The topological polar surface area (TPSA) is 81.4 Å². The van der Waals surface area contributed by atoms with Gasteiger partial charge in [0.05, 0.1) is 5.56 Å². The Morgan fingerprint density at radius 2 is 1.67 bits per heavy atom. The van der Waals surface area contributed by atoms with Gasteiger partial charge in [0.25, 0.3) is 5.91 Å². The molecule has 0 saturated heterocycles. The second-order valence-corrected chi connectivity index (χ2v) is 4.43. The average molecular weight is 284 g/mol. The highest BCUT2D eigenvalue weighted by Gasteiger charge is 2.12. The summed E-state index contributed by atoms with van der Waals surface area (Å²) in [5.41, 5.74) is 7.22. The monoisotopic (exact) mass is 284 g/mol. The molecule has 21 heavy (non-hydrogen) atoms. The number of hydrogen-bond acceptors (Lipinski definition) is 4. The van der Waals surface area contributed by atoms with Crippen LogP contribution >= 0.6 is 0 Å². The molecule has 0 radical (unpaired) electrons. The van der Waals surface area contributed by atoms with Crippen LogP contribution in [0.4, 0.5) is 5.69 Å². The quantitative estimate of drug-likeness (QED) is 0.647. The molecule has 1 amide bonds. The molecule has 0 unspecified atom stereocenters. The van der Waals surface area contributed by atoms with Gasteiger partial charge in [0.15, 0.2) is 6.61 Å². The third kappa shape index (κ3) is 4.35. The Balaban J connectivity index is 1.79. The predicted molar refractivity (Wildman–Crippen MR) is 79.4 cm³/mol. The second-order valence-electron chi connectivity index (χ2n) is 4.43. The average Bonchev–Trinajstić information content (AvgIpc) is 2.52. The Kier molecular flexibility index (Phi) is 4.93. The number of nitrogens with one attached hydrogen (secondary N) is 1. The molecule has 5 heteroatoms. The van der Waals surface area contributed by atoms with E-state index in [4.69, 9.17) is 10.5 Å². The van der Waals surface area contributed by atoms with Crippen LogP contribution < -0.4 is 11.1 Å². The van der Waals surface area contributed by atoms with Crippen LogP contribution in [0.25, 0.3) is 0 Å². The number of carbonyl (C=O) groups excluding carboxylic acids is 2. The highest BCUT2D eigenvalue weighted by Crippen LogP contribution is 2.11. The number of nitrogens with two attached hydrogens (primary N) is 1. The number of ether oxygens (including phenoxy) is 1. The molecular formula is C16H16N2O3.